The van der Waals surface area contributed by atoms with Crippen molar-refractivity contribution in [3.63, 3.8) is 0 Å². The second-order valence-electron chi connectivity index (χ2n) is 5.35. The van der Waals surface area contributed by atoms with Crippen molar-refractivity contribution >= 4 is 11.5 Å². The Labute approximate surface area is 124 Å². The Morgan fingerprint density at radius 2 is 2.14 bits per heavy atom. The first-order chi connectivity index (χ1) is 10.1. The molecule has 2 rings (SSSR count). The molecule has 0 aliphatic heterocycles. The van der Waals surface area contributed by atoms with Crippen LogP contribution in [0.4, 0.5) is 11.5 Å². The lowest BCUT2D eigenvalue weighted by atomic mass is 9.94. The molecule has 0 amide bonds. The SMILES string of the molecule is NC1CCC(OCCCNc2ccc([N+](=O)[O-])cn2)CC1. The van der Waals surface area contributed by atoms with Crippen molar-refractivity contribution in [2.75, 3.05) is 18.5 Å². The predicted octanol–water partition coefficient (Wildman–Crippen LogP) is 2.08. The van der Waals surface area contributed by atoms with Crippen molar-refractivity contribution in [3.8, 4) is 0 Å². The third-order valence-electron chi connectivity index (χ3n) is 3.66. The Hall–Kier alpha value is -1.73. The average Bonchev–Trinajstić information content (AvgIpc) is 2.49. The summed E-state index contributed by atoms with van der Waals surface area (Å²) in [6, 6.07) is 3.40. The molecule has 1 aliphatic rings. The number of nitrogens with one attached hydrogen (secondary N) is 1. The van der Waals surface area contributed by atoms with Crippen molar-refractivity contribution in [2.24, 2.45) is 5.73 Å². The molecule has 0 unspecified atom stereocenters. The van der Waals surface area contributed by atoms with Crippen LogP contribution in [0.5, 0.6) is 0 Å². The van der Waals surface area contributed by atoms with Crippen LogP contribution in [0.15, 0.2) is 18.3 Å². The van der Waals surface area contributed by atoms with Crippen LogP contribution in [0.2, 0.25) is 0 Å². The van der Waals surface area contributed by atoms with Crippen molar-refractivity contribution in [2.45, 2.75) is 44.2 Å². The van der Waals surface area contributed by atoms with Crippen LogP contribution in [-0.2, 0) is 4.74 Å². The predicted molar refractivity (Wildman–Crippen MR) is 80.2 cm³/mol. The molecule has 3 N–H and O–H groups in total. The Morgan fingerprint density at radius 1 is 1.38 bits per heavy atom. The molecular formula is C14H22N4O3. The number of hydrogen-bond donors (Lipinski definition) is 2. The van der Waals surface area contributed by atoms with Crippen LogP contribution in [0.25, 0.3) is 0 Å². The van der Waals surface area contributed by atoms with Gasteiger partial charge in [-0.1, -0.05) is 0 Å². The highest BCUT2D eigenvalue weighted by Gasteiger charge is 2.18. The normalized spacial score (nSPS) is 22.0. The van der Waals surface area contributed by atoms with Gasteiger partial charge in [-0.25, -0.2) is 4.98 Å². The van der Waals surface area contributed by atoms with E-state index in [9.17, 15) is 10.1 Å². The minimum atomic E-state index is -0.458. The minimum Gasteiger partial charge on any atom is -0.378 e. The number of nitrogens with two attached hydrogens (primary N) is 1. The van der Waals surface area contributed by atoms with E-state index in [0.29, 0.717) is 24.6 Å². The number of pyridine rings is 1. The van der Waals surface area contributed by atoms with Crippen LogP contribution in [0.3, 0.4) is 0 Å². The molecule has 1 aromatic heterocycles. The summed E-state index contributed by atoms with van der Waals surface area (Å²) in [5, 5.41) is 13.6. The lowest BCUT2D eigenvalue weighted by Crippen LogP contribution is -2.30. The fraction of sp³-hybridized carbons (Fsp3) is 0.643. The van der Waals surface area contributed by atoms with Gasteiger partial charge in [0.25, 0.3) is 5.69 Å². The second-order valence-corrected chi connectivity index (χ2v) is 5.35. The quantitative estimate of drug-likeness (QED) is 0.453. The van der Waals surface area contributed by atoms with Gasteiger partial charge in [-0.15, -0.1) is 0 Å². The van der Waals surface area contributed by atoms with Crippen LogP contribution >= 0.6 is 0 Å². The Bertz CT molecular complexity index is 444. The van der Waals surface area contributed by atoms with Crippen molar-refractivity contribution < 1.29 is 9.66 Å². The summed E-state index contributed by atoms with van der Waals surface area (Å²) in [5.74, 6) is 0.643. The van der Waals surface area contributed by atoms with Crippen LogP contribution in [0.1, 0.15) is 32.1 Å². The summed E-state index contributed by atoms with van der Waals surface area (Å²) in [4.78, 5) is 14.0. The molecule has 1 fully saturated rings. The molecule has 1 saturated carbocycles. The molecule has 1 aromatic rings. The summed E-state index contributed by atoms with van der Waals surface area (Å²) in [6.07, 6.45) is 6.69. The number of aromatic nitrogens is 1. The smallest absolute Gasteiger partial charge is 0.287 e. The summed E-state index contributed by atoms with van der Waals surface area (Å²) < 4.78 is 5.81. The van der Waals surface area contributed by atoms with Crippen LogP contribution in [0, 0.1) is 10.1 Å². The van der Waals surface area contributed by atoms with E-state index in [1.54, 1.807) is 6.07 Å². The standard InChI is InChI=1S/C14H22N4O3/c15-11-2-5-13(6-3-11)21-9-1-8-16-14-7-4-12(10-17-14)18(19)20/h4,7,10-11,13H,1-3,5-6,8-9,15H2,(H,16,17). The first-order valence-corrected chi connectivity index (χ1v) is 7.36. The van der Waals surface area contributed by atoms with Gasteiger partial charge >= 0.3 is 0 Å². The summed E-state index contributed by atoms with van der Waals surface area (Å²) in [6.45, 7) is 1.44. The highest BCUT2D eigenvalue weighted by Crippen LogP contribution is 2.19. The highest BCUT2D eigenvalue weighted by molar-refractivity contribution is 5.39. The van der Waals surface area contributed by atoms with E-state index in [-0.39, 0.29) is 5.69 Å². The van der Waals surface area contributed by atoms with Crippen molar-refractivity contribution in [3.05, 3.63) is 28.4 Å². The van der Waals surface area contributed by atoms with Gasteiger partial charge in [0, 0.05) is 25.3 Å². The second kappa shape index (κ2) is 7.90. The van der Waals surface area contributed by atoms with E-state index in [1.165, 1.54) is 12.3 Å². The lowest BCUT2D eigenvalue weighted by molar-refractivity contribution is -0.385. The van der Waals surface area contributed by atoms with Crippen molar-refractivity contribution in [1.82, 2.24) is 4.98 Å². The van der Waals surface area contributed by atoms with Gasteiger partial charge < -0.3 is 15.8 Å². The Morgan fingerprint density at radius 3 is 2.76 bits per heavy atom. The zero-order valence-electron chi connectivity index (χ0n) is 12.0. The van der Waals surface area contributed by atoms with Gasteiger partial charge in [0.15, 0.2) is 0 Å². The third kappa shape index (κ3) is 5.28. The molecule has 0 radical (unpaired) electrons. The maximum absolute atomic E-state index is 10.5. The first kappa shape index (κ1) is 15.7. The molecule has 0 bridgehead atoms. The first-order valence-electron chi connectivity index (χ1n) is 7.36. The van der Waals surface area contributed by atoms with E-state index in [1.807, 2.05) is 0 Å². The number of anilines is 1. The number of hydrogen-bond acceptors (Lipinski definition) is 6. The summed E-state index contributed by atoms with van der Waals surface area (Å²) in [7, 11) is 0. The Balaban J connectivity index is 1.58. The molecule has 0 atom stereocenters. The zero-order chi connectivity index (χ0) is 15.1. The monoisotopic (exact) mass is 294 g/mol. The van der Waals surface area contributed by atoms with Gasteiger partial charge in [0.05, 0.1) is 11.0 Å². The molecule has 0 aromatic carbocycles. The largest absolute Gasteiger partial charge is 0.378 e. The highest BCUT2D eigenvalue weighted by atomic mass is 16.6. The van der Waals surface area contributed by atoms with E-state index in [4.69, 9.17) is 10.5 Å². The molecule has 21 heavy (non-hydrogen) atoms. The van der Waals surface area contributed by atoms with Gasteiger partial charge in [0.2, 0.25) is 0 Å². The van der Waals surface area contributed by atoms with Gasteiger partial charge in [0.1, 0.15) is 12.0 Å². The molecule has 7 nitrogen and oxygen atoms in total. The zero-order valence-corrected chi connectivity index (χ0v) is 12.0. The fourth-order valence-electron chi connectivity index (χ4n) is 2.39. The van der Waals surface area contributed by atoms with Crippen LogP contribution < -0.4 is 11.1 Å². The van der Waals surface area contributed by atoms with Gasteiger partial charge in [-0.05, 0) is 38.2 Å². The maximum Gasteiger partial charge on any atom is 0.287 e. The molecular weight excluding hydrogens is 272 g/mol. The van der Waals surface area contributed by atoms with E-state index >= 15 is 0 Å². The van der Waals surface area contributed by atoms with E-state index in [2.05, 4.69) is 10.3 Å². The van der Waals surface area contributed by atoms with Gasteiger partial charge in [-0.3, -0.25) is 10.1 Å². The number of ether oxygens (including phenoxy) is 1. The number of nitrogens with zero attached hydrogens (tertiary/aromatic N) is 2. The summed E-state index contributed by atoms with van der Waals surface area (Å²) >= 11 is 0. The van der Waals surface area contributed by atoms with E-state index in [0.717, 1.165) is 38.6 Å². The molecule has 116 valence electrons. The fourth-order valence-corrected chi connectivity index (χ4v) is 2.39. The third-order valence-corrected chi connectivity index (χ3v) is 3.66. The number of nitro groups is 1. The van der Waals surface area contributed by atoms with E-state index < -0.39 is 4.92 Å². The molecule has 7 heteroatoms. The van der Waals surface area contributed by atoms with Gasteiger partial charge in [-0.2, -0.15) is 0 Å². The van der Waals surface area contributed by atoms with Crippen LogP contribution in [-0.4, -0.2) is 35.2 Å². The minimum absolute atomic E-state index is 0.000565. The van der Waals surface area contributed by atoms with Crippen molar-refractivity contribution in [1.29, 1.82) is 0 Å². The number of rotatable bonds is 7. The molecule has 0 saturated heterocycles. The topological polar surface area (TPSA) is 103 Å². The Kier molecular flexibility index (Phi) is 5.89. The average molecular weight is 294 g/mol. The molecule has 0 spiro atoms. The molecule has 1 aliphatic carbocycles. The maximum atomic E-state index is 10.5. The molecule has 1 heterocycles. The lowest BCUT2D eigenvalue weighted by Gasteiger charge is -2.26. The summed E-state index contributed by atoms with van der Waals surface area (Å²) in [5.41, 5.74) is 5.85.